The maximum atomic E-state index is 6.45. The highest BCUT2D eigenvalue weighted by Crippen LogP contribution is 2.36. The molecule has 1 heterocycles. The van der Waals surface area contributed by atoms with Gasteiger partial charge in [-0.05, 0) is 24.1 Å². The summed E-state index contributed by atoms with van der Waals surface area (Å²) < 4.78 is 6.45. The van der Waals surface area contributed by atoms with E-state index in [2.05, 4.69) is 66.4 Å². The molecule has 21 heavy (non-hydrogen) atoms. The average Bonchev–Trinajstić information content (AvgIpc) is 3.00. The minimum Gasteiger partial charge on any atom is -0.364 e. The fraction of sp³-hybridized carbons (Fsp3) is 0.368. The Kier molecular flexibility index (Phi) is 4.37. The molecule has 1 unspecified atom stereocenters. The highest BCUT2D eigenvalue weighted by atomic mass is 16.5. The first-order chi connectivity index (χ1) is 10.3. The van der Waals surface area contributed by atoms with E-state index in [1.807, 2.05) is 6.07 Å². The zero-order valence-electron chi connectivity index (χ0n) is 12.7. The van der Waals surface area contributed by atoms with Gasteiger partial charge in [-0.3, -0.25) is 0 Å². The number of nitrogens with zero attached hydrogens (tertiary/aromatic N) is 1. The molecule has 1 aliphatic rings. The Balaban J connectivity index is 1.80. The Morgan fingerprint density at radius 2 is 1.67 bits per heavy atom. The van der Waals surface area contributed by atoms with Crippen LogP contribution in [0.15, 0.2) is 60.7 Å². The van der Waals surface area contributed by atoms with Crippen molar-refractivity contribution >= 4 is 0 Å². The molecule has 2 nitrogen and oxygen atoms in total. The van der Waals surface area contributed by atoms with Gasteiger partial charge in [0.1, 0.15) is 5.60 Å². The lowest BCUT2D eigenvalue weighted by atomic mass is 9.92. The van der Waals surface area contributed by atoms with E-state index >= 15 is 0 Å². The van der Waals surface area contributed by atoms with E-state index in [1.165, 1.54) is 11.1 Å². The number of rotatable bonds is 5. The van der Waals surface area contributed by atoms with Crippen LogP contribution in [0.3, 0.4) is 0 Å². The lowest BCUT2D eigenvalue weighted by molar-refractivity contribution is -0.0536. The second kappa shape index (κ2) is 6.42. The SMILES string of the molecule is CCN1CCC(OCc2ccccc2)(c2ccccc2)C1. The van der Waals surface area contributed by atoms with Crippen molar-refractivity contribution in [2.45, 2.75) is 25.6 Å². The van der Waals surface area contributed by atoms with Crippen LogP contribution in [0.2, 0.25) is 0 Å². The molecule has 0 saturated carbocycles. The van der Waals surface area contributed by atoms with Crippen LogP contribution in [0, 0.1) is 0 Å². The van der Waals surface area contributed by atoms with Crippen LogP contribution < -0.4 is 0 Å². The first-order valence-corrected chi connectivity index (χ1v) is 7.78. The minimum atomic E-state index is -0.160. The summed E-state index contributed by atoms with van der Waals surface area (Å²) >= 11 is 0. The van der Waals surface area contributed by atoms with Crippen molar-refractivity contribution in [2.75, 3.05) is 19.6 Å². The highest BCUT2D eigenvalue weighted by Gasteiger charge is 2.40. The molecule has 0 bridgehead atoms. The molecule has 1 atom stereocenters. The van der Waals surface area contributed by atoms with Gasteiger partial charge in [0.2, 0.25) is 0 Å². The first kappa shape index (κ1) is 14.3. The van der Waals surface area contributed by atoms with Crippen molar-refractivity contribution in [1.29, 1.82) is 0 Å². The fourth-order valence-corrected chi connectivity index (χ4v) is 3.10. The van der Waals surface area contributed by atoms with E-state index in [0.717, 1.165) is 26.1 Å². The lowest BCUT2D eigenvalue weighted by Crippen LogP contribution is -2.33. The number of hydrogen-bond acceptors (Lipinski definition) is 2. The standard InChI is InChI=1S/C19H23NO/c1-2-20-14-13-19(16-20,18-11-7-4-8-12-18)21-15-17-9-5-3-6-10-17/h3-12H,2,13-16H2,1H3. The zero-order valence-corrected chi connectivity index (χ0v) is 12.7. The molecule has 0 aromatic heterocycles. The van der Waals surface area contributed by atoms with Gasteiger partial charge in [-0.25, -0.2) is 0 Å². The van der Waals surface area contributed by atoms with Crippen LogP contribution in [0.5, 0.6) is 0 Å². The topological polar surface area (TPSA) is 12.5 Å². The zero-order chi connectivity index (χ0) is 14.5. The van der Waals surface area contributed by atoms with Crippen molar-refractivity contribution in [3.05, 3.63) is 71.8 Å². The summed E-state index contributed by atoms with van der Waals surface area (Å²) in [6, 6.07) is 21.1. The van der Waals surface area contributed by atoms with Gasteiger partial charge in [0.05, 0.1) is 6.61 Å². The second-order valence-electron chi connectivity index (χ2n) is 5.75. The minimum absolute atomic E-state index is 0.160. The summed E-state index contributed by atoms with van der Waals surface area (Å²) in [6.07, 6.45) is 1.07. The largest absolute Gasteiger partial charge is 0.364 e. The Morgan fingerprint density at radius 3 is 2.29 bits per heavy atom. The third-order valence-corrected chi connectivity index (χ3v) is 4.42. The normalized spacial score (nSPS) is 22.5. The van der Waals surface area contributed by atoms with Crippen LogP contribution in [-0.4, -0.2) is 24.5 Å². The van der Waals surface area contributed by atoms with Gasteiger partial charge in [-0.2, -0.15) is 0 Å². The molecule has 3 rings (SSSR count). The van der Waals surface area contributed by atoms with Crippen molar-refractivity contribution in [3.63, 3.8) is 0 Å². The molecule has 2 aromatic carbocycles. The summed E-state index contributed by atoms with van der Waals surface area (Å²) in [5.74, 6) is 0. The summed E-state index contributed by atoms with van der Waals surface area (Å²) in [6.45, 7) is 6.08. The number of ether oxygens (including phenoxy) is 1. The predicted molar refractivity (Wildman–Crippen MR) is 86.1 cm³/mol. The van der Waals surface area contributed by atoms with Gasteiger partial charge in [0, 0.05) is 13.1 Å². The number of likely N-dealkylation sites (N-methyl/N-ethyl adjacent to an activating group) is 1. The number of likely N-dealkylation sites (tertiary alicyclic amines) is 1. The lowest BCUT2D eigenvalue weighted by Gasteiger charge is -2.30. The van der Waals surface area contributed by atoms with Gasteiger partial charge in [0.15, 0.2) is 0 Å². The summed E-state index contributed by atoms with van der Waals surface area (Å²) in [7, 11) is 0. The van der Waals surface area contributed by atoms with Crippen LogP contribution >= 0.6 is 0 Å². The maximum Gasteiger partial charge on any atom is 0.107 e. The molecule has 0 aliphatic carbocycles. The average molecular weight is 281 g/mol. The summed E-state index contributed by atoms with van der Waals surface area (Å²) in [4.78, 5) is 2.47. The molecule has 2 heteroatoms. The molecule has 0 amide bonds. The number of hydrogen-bond donors (Lipinski definition) is 0. The monoisotopic (exact) mass is 281 g/mol. The van der Waals surface area contributed by atoms with E-state index in [9.17, 15) is 0 Å². The molecule has 0 spiro atoms. The van der Waals surface area contributed by atoms with Crippen LogP contribution in [0.4, 0.5) is 0 Å². The quantitative estimate of drug-likeness (QED) is 0.826. The van der Waals surface area contributed by atoms with Crippen molar-refractivity contribution in [2.24, 2.45) is 0 Å². The van der Waals surface area contributed by atoms with Gasteiger partial charge < -0.3 is 9.64 Å². The third kappa shape index (κ3) is 3.17. The maximum absolute atomic E-state index is 6.45. The summed E-state index contributed by atoms with van der Waals surface area (Å²) in [5, 5.41) is 0. The summed E-state index contributed by atoms with van der Waals surface area (Å²) in [5.41, 5.74) is 2.38. The molecule has 1 saturated heterocycles. The van der Waals surface area contributed by atoms with E-state index in [-0.39, 0.29) is 5.60 Å². The predicted octanol–water partition coefficient (Wildman–Crippen LogP) is 3.82. The van der Waals surface area contributed by atoms with Crippen molar-refractivity contribution in [1.82, 2.24) is 4.90 Å². The van der Waals surface area contributed by atoms with Crippen LogP contribution in [-0.2, 0) is 16.9 Å². The molecular weight excluding hydrogens is 258 g/mol. The Morgan fingerprint density at radius 1 is 1.00 bits per heavy atom. The van der Waals surface area contributed by atoms with E-state index in [4.69, 9.17) is 4.74 Å². The van der Waals surface area contributed by atoms with Crippen LogP contribution in [0.25, 0.3) is 0 Å². The fourth-order valence-electron chi connectivity index (χ4n) is 3.10. The molecular formula is C19H23NO. The molecule has 110 valence electrons. The third-order valence-electron chi connectivity index (χ3n) is 4.42. The molecule has 1 aliphatic heterocycles. The van der Waals surface area contributed by atoms with Gasteiger partial charge in [-0.1, -0.05) is 67.6 Å². The second-order valence-corrected chi connectivity index (χ2v) is 5.75. The van der Waals surface area contributed by atoms with Gasteiger partial charge in [0.25, 0.3) is 0 Å². The Bertz CT molecular complexity index is 554. The van der Waals surface area contributed by atoms with E-state index < -0.39 is 0 Å². The van der Waals surface area contributed by atoms with Crippen LogP contribution in [0.1, 0.15) is 24.5 Å². The van der Waals surface area contributed by atoms with E-state index in [1.54, 1.807) is 0 Å². The molecule has 0 N–H and O–H groups in total. The highest BCUT2D eigenvalue weighted by molar-refractivity contribution is 5.25. The van der Waals surface area contributed by atoms with Crippen molar-refractivity contribution in [3.8, 4) is 0 Å². The van der Waals surface area contributed by atoms with Crippen molar-refractivity contribution < 1.29 is 4.74 Å². The molecule has 1 fully saturated rings. The van der Waals surface area contributed by atoms with Gasteiger partial charge >= 0.3 is 0 Å². The smallest absolute Gasteiger partial charge is 0.107 e. The molecule has 2 aromatic rings. The van der Waals surface area contributed by atoms with Gasteiger partial charge in [-0.15, -0.1) is 0 Å². The Hall–Kier alpha value is -1.64. The number of benzene rings is 2. The molecule has 0 radical (unpaired) electrons. The Labute approximate surface area is 127 Å². The first-order valence-electron chi connectivity index (χ1n) is 7.78. The van der Waals surface area contributed by atoms with E-state index in [0.29, 0.717) is 6.61 Å².